The number of benzene rings is 3. The third-order valence-electron chi connectivity index (χ3n) is 7.32. The highest BCUT2D eigenvalue weighted by molar-refractivity contribution is 6.07. The lowest BCUT2D eigenvalue weighted by Gasteiger charge is -2.16. The van der Waals surface area contributed by atoms with Gasteiger partial charge in [-0.2, -0.15) is 0 Å². The highest BCUT2D eigenvalue weighted by Crippen LogP contribution is 2.35. The van der Waals surface area contributed by atoms with Gasteiger partial charge in [0.05, 0.1) is 16.9 Å². The van der Waals surface area contributed by atoms with Crippen LogP contribution < -0.4 is 0 Å². The Hall–Kier alpha value is -4.44. The molecule has 6 rings (SSSR count). The van der Waals surface area contributed by atoms with Crippen LogP contribution in [0.4, 0.5) is 0 Å². The molecule has 3 aromatic carbocycles. The molecule has 4 nitrogen and oxygen atoms in total. The molecule has 0 aliphatic heterocycles. The number of phenolic OH excluding ortho intramolecular Hbond substituents is 1. The van der Waals surface area contributed by atoms with Crippen LogP contribution in [-0.4, -0.2) is 19.6 Å². The van der Waals surface area contributed by atoms with Crippen molar-refractivity contribution < 1.29 is 5.11 Å². The highest BCUT2D eigenvalue weighted by Gasteiger charge is 2.17. The second kappa shape index (κ2) is 10.6. The molecule has 6 aromatic rings. The quantitative estimate of drug-likeness (QED) is 0.226. The van der Waals surface area contributed by atoms with Gasteiger partial charge in [-0.15, -0.1) is 0 Å². The van der Waals surface area contributed by atoms with Crippen LogP contribution in [0.15, 0.2) is 97.2 Å². The molecule has 0 aliphatic carbocycles. The van der Waals surface area contributed by atoms with E-state index in [1.54, 1.807) is 6.07 Å². The second-order valence-electron chi connectivity index (χ2n) is 11.6. The summed E-state index contributed by atoms with van der Waals surface area (Å²) in [6.45, 7) is 8.98. The Labute approximate surface area is 236 Å². The van der Waals surface area contributed by atoms with Gasteiger partial charge in [-0.1, -0.05) is 58.0 Å². The predicted molar refractivity (Wildman–Crippen MR) is 166 cm³/mol. The number of nitrogens with zero attached hydrogens (tertiary/aromatic N) is 3. The van der Waals surface area contributed by atoms with Crippen molar-refractivity contribution in [1.82, 2.24) is 14.5 Å². The molecule has 0 spiro atoms. The highest BCUT2D eigenvalue weighted by atomic mass is 16.3. The molecule has 0 saturated carbocycles. The maximum absolute atomic E-state index is 10.7. The van der Waals surface area contributed by atoms with Crippen LogP contribution >= 0.6 is 0 Å². The molecule has 0 atom stereocenters. The summed E-state index contributed by atoms with van der Waals surface area (Å²) in [6.07, 6.45) is 3.76. The minimum absolute atomic E-state index is 0.244. The Morgan fingerprint density at radius 3 is 2.15 bits per heavy atom. The van der Waals surface area contributed by atoms with Gasteiger partial charge in [-0.3, -0.25) is 4.57 Å². The monoisotopic (exact) mass is 525 g/mol. The molecular weight excluding hydrogens is 490 g/mol. The van der Waals surface area contributed by atoms with Crippen molar-refractivity contribution in [1.29, 1.82) is 0 Å². The van der Waals surface area contributed by atoms with E-state index in [1.807, 2.05) is 30.5 Å². The van der Waals surface area contributed by atoms with Gasteiger partial charge < -0.3 is 5.11 Å². The number of aromatic nitrogens is 3. The first-order chi connectivity index (χ1) is 19.4. The number of pyridine rings is 2. The van der Waals surface area contributed by atoms with E-state index in [-0.39, 0.29) is 5.75 Å². The molecule has 1 N–H and O–H groups in total. The molecule has 200 valence electrons. The molecule has 0 radical (unpaired) electrons. The van der Waals surface area contributed by atoms with Crippen molar-refractivity contribution in [3.05, 3.63) is 108 Å². The summed E-state index contributed by atoms with van der Waals surface area (Å²) < 4.78 is 2.28. The van der Waals surface area contributed by atoms with E-state index in [0.717, 1.165) is 57.6 Å². The zero-order valence-corrected chi connectivity index (χ0v) is 23.6. The number of hydrogen-bond donors (Lipinski definition) is 1. The van der Waals surface area contributed by atoms with E-state index in [4.69, 9.17) is 9.97 Å². The first kappa shape index (κ1) is 25.8. The lowest BCUT2D eigenvalue weighted by atomic mass is 9.96. The summed E-state index contributed by atoms with van der Waals surface area (Å²) in [5, 5.41) is 13.0. The molecule has 40 heavy (non-hydrogen) atoms. The first-order valence-corrected chi connectivity index (χ1v) is 14.2. The van der Waals surface area contributed by atoms with Crippen molar-refractivity contribution in [2.75, 3.05) is 0 Å². The second-order valence-corrected chi connectivity index (χ2v) is 11.6. The smallest absolute Gasteiger partial charge is 0.145 e. The predicted octanol–water partition coefficient (Wildman–Crippen LogP) is 9.01. The Morgan fingerprint density at radius 1 is 0.700 bits per heavy atom. The molecular formula is C36H35N3O. The van der Waals surface area contributed by atoms with Crippen LogP contribution in [0.25, 0.3) is 50.1 Å². The zero-order valence-electron chi connectivity index (χ0n) is 23.6. The van der Waals surface area contributed by atoms with E-state index in [9.17, 15) is 5.11 Å². The van der Waals surface area contributed by atoms with Gasteiger partial charge in [0.15, 0.2) is 0 Å². The fourth-order valence-electron chi connectivity index (χ4n) is 5.75. The molecule has 4 heteroatoms. The number of aromatic hydroxyl groups is 1. The van der Waals surface area contributed by atoms with Crippen LogP contribution in [-0.2, 0) is 12.8 Å². The molecule has 0 fully saturated rings. The number of rotatable bonds is 7. The molecule has 3 heterocycles. The SMILES string of the molecule is CC(C)Cc1cc(-c2cc(CC(C)C)cc(-c3ccccc3O)n2)cc(-n2c3ccccc3c3cccnc32)c1. The van der Waals surface area contributed by atoms with Gasteiger partial charge in [-0.05, 0) is 96.5 Å². The summed E-state index contributed by atoms with van der Waals surface area (Å²) in [4.78, 5) is 9.94. The van der Waals surface area contributed by atoms with Crippen molar-refractivity contribution in [2.24, 2.45) is 11.8 Å². The number of fused-ring (bicyclic) bond motifs is 3. The lowest BCUT2D eigenvalue weighted by molar-refractivity contribution is 0.477. The molecule has 0 bridgehead atoms. The summed E-state index contributed by atoms with van der Waals surface area (Å²) >= 11 is 0. The van der Waals surface area contributed by atoms with E-state index in [1.165, 1.54) is 16.5 Å². The molecule has 0 aliphatic rings. The minimum Gasteiger partial charge on any atom is -0.507 e. The Kier molecular flexibility index (Phi) is 6.85. The van der Waals surface area contributed by atoms with Crippen LogP contribution in [0.3, 0.4) is 0 Å². The lowest BCUT2D eigenvalue weighted by Crippen LogP contribution is -2.02. The minimum atomic E-state index is 0.244. The normalized spacial score (nSPS) is 11.8. The number of para-hydroxylation sites is 2. The molecule has 0 unspecified atom stereocenters. The molecule has 0 saturated heterocycles. The van der Waals surface area contributed by atoms with E-state index < -0.39 is 0 Å². The largest absolute Gasteiger partial charge is 0.507 e. The van der Waals surface area contributed by atoms with Crippen molar-refractivity contribution in [3.8, 4) is 34.0 Å². The maximum atomic E-state index is 10.7. The summed E-state index contributed by atoms with van der Waals surface area (Å²) in [5.41, 5.74) is 9.18. The number of phenols is 1. The van der Waals surface area contributed by atoms with E-state index >= 15 is 0 Å². The van der Waals surface area contributed by atoms with Crippen LogP contribution in [0, 0.1) is 11.8 Å². The third-order valence-corrected chi connectivity index (χ3v) is 7.32. The van der Waals surface area contributed by atoms with Gasteiger partial charge in [0.1, 0.15) is 11.4 Å². The third kappa shape index (κ3) is 4.98. The van der Waals surface area contributed by atoms with Crippen molar-refractivity contribution >= 4 is 21.9 Å². The van der Waals surface area contributed by atoms with E-state index in [2.05, 4.69) is 92.9 Å². The van der Waals surface area contributed by atoms with Gasteiger partial charge in [0.2, 0.25) is 0 Å². The van der Waals surface area contributed by atoms with Crippen LogP contribution in [0.2, 0.25) is 0 Å². The average Bonchev–Trinajstić information content (AvgIpc) is 3.27. The summed E-state index contributed by atoms with van der Waals surface area (Å²) in [5.74, 6) is 1.25. The Morgan fingerprint density at radius 2 is 1.38 bits per heavy atom. The zero-order chi connectivity index (χ0) is 27.8. The first-order valence-electron chi connectivity index (χ1n) is 14.2. The molecule has 0 amide bonds. The van der Waals surface area contributed by atoms with Crippen molar-refractivity contribution in [2.45, 2.75) is 40.5 Å². The van der Waals surface area contributed by atoms with Gasteiger partial charge in [0.25, 0.3) is 0 Å². The Bertz CT molecular complexity index is 1780. The van der Waals surface area contributed by atoms with Gasteiger partial charge >= 0.3 is 0 Å². The maximum Gasteiger partial charge on any atom is 0.145 e. The fourth-order valence-corrected chi connectivity index (χ4v) is 5.75. The standard InChI is InChI=1S/C36H35N3O/c1-23(2)16-25-18-27(32-20-26(17-24(3)4)21-33(38-32)31-11-6-8-14-35(31)40)22-28(19-25)39-34-13-7-5-10-29(34)30-12-9-15-37-36(30)39/h5-15,18-24,40H,16-17H2,1-4H3. The molecule has 3 aromatic heterocycles. The van der Waals surface area contributed by atoms with Gasteiger partial charge in [-0.25, -0.2) is 9.97 Å². The summed E-state index contributed by atoms with van der Waals surface area (Å²) in [7, 11) is 0. The van der Waals surface area contributed by atoms with Crippen LogP contribution in [0.5, 0.6) is 5.75 Å². The van der Waals surface area contributed by atoms with Crippen LogP contribution in [0.1, 0.15) is 38.8 Å². The number of hydrogen-bond acceptors (Lipinski definition) is 3. The fraction of sp³-hybridized carbons (Fsp3) is 0.222. The van der Waals surface area contributed by atoms with E-state index in [0.29, 0.717) is 11.8 Å². The average molecular weight is 526 g/mol. The Balaban J connectivity index is 1.60. The van der Waals surface area contributed by atoms with Crippen molar-refractivity contribution in [3.63, 3.8) is 0 Å². The van der Waals surface area contributed by atoms with Gasteiger partial charge in [0, 0.05) is 33.8 Å². The summed E-state index contributed by atoms with van der Waals surface area (Å²) in [6, 6.07) is 31.3. The topological polar surface area (TPSA) is 50.9 Å².